The molecule has 336 valence electrons. The van der Waals surface area contributed by atoms with E-state index < -0.39 is 45.9 Å². The van der Waals surface area contributed by atoms with E-state index in [9.17, 15) is 19.5 Å². The van der Waals surface area contributed by atoms with Crippen molar-refractivity contribution in [1.82, 2.24) is 10.6 Å². The summed E-state index contributed by atoms with van der Waals surface area (Å²) in [6, 6.07) is 31.8. The summed E-state index contributed by atoms with van der Waals surface area (Å²) < 4.78 is 29.2. The molecule has 1 heterocycles. The van der Waals surface area contributed by atoms with E-state index in [-0.39, 0.29) is 51.2 Å². The number of fused-ring (bicyclic) bond motifs is 3. The molecular weight excluding hydrogens is 797 g/mol. The summed E-state index contributed by atoms with van der Waals surface area (Å²) in [5.74, 6) is -1.24. The lowest BCUT2D eigenvalue weighted by Gasteiger charge is -2.58. The SMILES string of the molecule is C=C(C[C@]([C@@H]1COCO1)(C(C)(C)C)[C@@](CC(C)C)(NC(=O)C(C)(C)CNC(=O)OCC1c2ccccc2-c2ccccc21)C(=O)O)c1ccc(COCc2ccc(OC)cc2)cc1. The topological polar surface area (TPSA) is 142 Å². The van der Waals surface area contributed by atoms with Gasteiger partial charge in [0.15, 0.2) is 0 Å². The average molecular weight is 861 g/mol. The molecule has 1 fully saturated rings. The van der Waals surface area contributed by atoms with Crippen LogP contribution in [0.15, 0.2) is 104 Å². The summed E-state index contributed by atoms with van der Waals surface area (Å²) in [6.07, 6.45) is -1.15. The van der Waals surface area contributed by atoms with Crippen molar-refractivity contribution in [3.8, 4) is 16.9 Å². The Balaban J connectivity index is 1.21. The molecule has 3 atom stereocenters. The molecule has 0 aromatic heterocycles. The van der Waals surface area contributed by atoms with Crippen LogP contribution in [-0.2, 0) is 41.8 Å². The number of carbonyl (C=O) groups is 3. The van der Waals surface area contributed by atoms with E-state index in [0.717, 1.165) is 44.7 Å². The highest BCUT2D eigenvalue weighted by molar-refractivity contribution is 5.91. The summed E-state index contributed by atoms with van der Waals surface area (Å²) in [4.78, 5) is 42.3. The van der Waals surface area contributed by atoms with Gasteiger partial charge in [0.25, 0.3) is 0 Å². The van der Waals surface area contributed by atoms with Gasteiger partial charge in [0.1, 0.15) is 24.7 Å². The van der Waals surface area contributed by atoms with Gasteiger partial charge in [-0.25, -0.2) is 9.59 Å². The Morgan fingerprint density at radius 1 is 0.841 bits per heavy atom. The van der Waals surface area contributed by atoms with Gasteiger partial charge in [0.05, 0.1) is 38.4 Å². The van der Waals surface area contributed by atoms with Crippen LogP contribution >= 0.6 is 0 Å². The van der Waals surface area contributed by atoms with E-state index in [2.05, 4.69) is 41.5 Å². The smallest absolute Gasteiger partial charge is 0.407 e. The average Bonchev–Trinajstić information content (AvgIpc) is 3.91. The molecule has 63 heavy (non-hydrogen) atoms. The Morgan fingerprint density at radius 2 is 1.41 bits per heavy atom. The number of amides is 2. The van der Waals surface area contributed by atoms with Gasteiger partial charge >= 0.3 is 12.1 Å². The Bertz CT molecular complexity index is 2190. The molecule has 3 N–H and O–H groups in total. The molecule has 2 aliphatic rings. The molecule has 0 spiro atoms. The Labute approximate surface area is 372 Å². The minimum absolute atomic E-state index is 0.0128. The van der Waals surface area contributed by atoms with Crippen LogP contribution < -0.4 is 15.4 Å². The second kappa shape index (κ2) is 19.5. The van der Waals surface area contributed by atoms with Crippen LogP contribution in [0.3, 0.4) is 0 Å². The first-order valence-electron chi connectivity index (χ1n) is 21.7. The van der Waals surface area contributed by atoms with Gasteiger partial charge in [0, 0.05) is 17.9 Å². The number of hydrogen-bond donors (Lipinski definition) is 3. The van der Waals surface area contributed by atoms with Crippen molar-refractivity contribution in [3.63, 3.8) is 0 Å². The minimum atomic E-state index is -1.88. The number of alkyl carbamates (subject to hydrolysis) is 1. The molecule has 4 aromatic carbocycles. The molecule has 0 bridgehead atoms. The number of nitrogens with one attached hydrogen (secondary N) is 2. The minimum Gasteiger partial charge on any atom is -0.497 e. The maximum Gasteiger partial charge on any atom is 0.407 e. The fraction of sp³-hybridized carbons (Fsp3) is 0.442. The van der Waals surface area contributed by atoms with E-state index in [1.807, 2.05) is 107 Å². The summed E-state index contributed by atoms with van der Waals surface area (Å²) in [7, 11) is 1.63. The molecule has 1 saturated heterocycles. The number of carboxylic acid groups (broad SMARTS) is 1. The molecular formula is C52H64N2O9. The summed E-state index contributed by atoms with van der Waals surface area (Å²) >= 11 is 0. The normalized spacial score (nSPS) is 16.9. The molecule has 0 radical (unpaired) electrons. The second-order valence-electron chi connectivity index (χ2n) is 19.0. The first-order chi connectivity index (χ1) is 29.9. The standard InChI is InChI=1S/C52H64N2O9/c1-34(2)26-52(47(56)57,54-46(55)50(7,8)32-53-48(58)62-30-44-42-16-12-10-14-40(42)41-15-11-13-17-43(41)44)51(49(4,5)6,45-31-61-33-63-45)27-35(3)38-22-18-36(19-23-38)28-60-29-37-20-24-39(59-9)25-21-37/h10-25,34,44-45H,3,26-33H2,1-2,4-9H3,(H,53,58)(H,54,55)(H,56,57)/t45-,51-,52-/m0/s1. The van der Waals surface area contributed by atoms with Crippen LogP contribution in [0.4, 0.5) is 4.79 Å². The maximum atomic E-state index is 14.7. The summed E-state index contributed by atoms with van der Waals surface area (Å²) in [6.45, 7) is 18.7. The van der Waals surface area contributed by atoms with Gasteiger partial charge in [-0.05, 0) is 94.7 Å². The number of hydrogen-bond acceptors (Lipinski definition) is 8. The van der Waals surface area contributed by atoms with Crippen molar-refractivity contribution < 1.29 is 43.2 Å². The maximum absolute atomic E-state index is 14.7. The quantitative estimate of drug-likeness (QED) is 0.0840. The number of carbonyl (C=O) groups excluding carboxylic acids is 2. The van der Waals surface area contributed by atoms with Gasteiger partial charge in [-0.15, -0.1) is 0 Å². The van der Waals surface area contributed by atoms with Gasteiger partial charge in [-0.1, -0.05) is 126 Å². The number of benzene rings is 4. The van der Waals surface area contributed by atoms with Crippen molar-refractivity contribution in [2.75, 3.05) is 33.7 Å². The molecule has 11 heteroatoms. The lowest BCUT2D eigenvalue weighted by Crippen LogP contribution is -2.74. The summed E-state index contributed by atoms with van der Waals surface area (Å²) in [5, 5.41) is 17.6. The van der Waals surface area contributed by atoms with Crippen molar-refractivity contribution in [1.29, 1.82) is 0 Å². The van der Waals surface area contributed by atoms with Crippen molar-refractivity contribution >= 4 is 23.5 Å². The van der Waals surface area contributed by atoms with Crippen LogP contribution in [0.2, 0.25) is 0 Å². The lowest BCUT2D eigenvalue weighted by atomic mass is 9.49. The molecule has 6 rings (SSSR count). The Hall–Kier alpha value is -5.49. The van der Waals surface area contributed by atoms with E-state index >= 15 is 0 Å². The highest BCUT2D eigenvalue weighted by atomic mass is 16.7. The van der Waals surface area contributed by atoms with Crippen LogP contribution in [0.1, 0.15) is 95.0 Å². The highest BCUT2D eigenvalue weighted by Crippen LogP contribution is 2.58. The van der Waals surface area contributed by atoms with Crippen LogP contribution in [0.5, 0.6) is 5.75 Å². The predicted molar refractivity (Wildman–Crippen MR) is 244 cm³/mol. The zero-order valence-corrected chi connectivity index (χ0v) is 38.0. The molecule has 1 aliphatic carbocycles. The third-order valence-electron chi connectivity index (χ3n) is 12.9. The summed E-state index contributed by atoms with van der Waals surface area (Å²) in [5.41, 5.74) is 2.69. The van der Waals surface area contributed by atoms with Crippen molar-refractivity contribution in [2.24, 2.45) is 22.2 Å². The number of rotatable bonds is 19. The van der Waals surface area contributed by atoms with E-state index in [4.69, 9.17) is 23.7 Å². The van der Waals surface area contributed by atoms with Gasteiger partial charge in [0.2, 0.25) is 5.91 Å². The van der Waals surface area contributed by atoms with Gasteiger partial charge in [-0.2, -0.15) is 0 Å². The molecule has 11 nitrogen and oxygen atoms in total. The van der Waals surface area contributed by atoms with Gasteiger partial charge < -0.3 is 39.4 Å². The first kappa shape index (κ1) is 47.0. The largest absolute Gasteiger partial charge is 0.497 e. The van der Waals surface area contributed by atoms with Crippen LogP contribution in [-0.4, -0.2) is 68.4 Å². The monoisotopic (exact) mass is 860 g/mol. The molecule has 2 amide bonds. The third-order valence-corrected chi connectivity index (χ3v) is 12.9. The molecule has 0 unspecified atom stereocenters. The number of carboxylic acids is 1. The fourth-order valence-corrected chi connectivity index (χ4v) is 9.50. The molecule has 0 saturated carbocycles. The van der Waals surface area contributed by atoms with Crippen molar-refractivity contribution in [2.45, 2.75) is 92.1 Å². The zero-order valence-electron chi connectivity index (χ0n) is 38.0. The Kier molecular flexibility index (Phi) is 14.5. The number of allylic oxidation sites excluding steroid dienone is 1. The molecule has 1 aliphatic heterocycles. The number of methoxy groups -OCH3 is 1. The van der Waals surface area contributed by atoms with Crippen LogP contribution in [0.25, 0.3) is 16.7 Å². The fourth-order valence-electron chi connectivity index (χ4n) is 9.50. The van der Waals surface area contributed by atoms with Crippen molar-refractivity contribution in [3.05, 3.63) is 131 Å². The van der Waals surface area contributed by atoms with E-state index in [1.54, 1.807) is 21.0 Å². The second-order valence-corrected chi connectivity index (χ2v) is 19.0. The van der Waals surface area contributed by atoms with Crippen LogP contribution in [0, 0.1) is 22.2 Å². The molecule has 4 aromatic rings. The Morgan fingerprint density at radius 3 is 1.92 bits per heavy atom. The predicted octanol–water partition coefficient (Wildman–Crippen LogP) is 9.77. The van der Waals surface area contributed by atoms with Gasteiger partial charge in [-0.3, -0.25) is 4.79 Å². The van der Waals surface area contributed by atoms with E-state index in [1.165, 1.54) is 0 Å². The zero-order chi connectivity index (χ0) is 45.6. The highest BCUT2D eigenvalue weighted by Gasteiger charge is 2.67. The third kappa shape index (κ3) is 10.0. The lowest BCUT2D eigenvalue weighted by molar-refractivity contribution is -0.179. The number of ether oxygens (including phenoxy) is 5. The number of aliphatic carboxylic acids is 1. The first-order valence-corrected chi connectivity index (χ1v) is 21.7. The van der Waals surface area contributed by atoms with E-state index in [0.29, 0.717) is 18.8 Å².